The second-order valence-electron chi connectivity index (χ2n) is 3.66. The van der Waals surface area contributed by atoms with E-state index in [1.165, 1.54) is 0 Å². The Morgan fingerprint density at radius 3 is 2.24 bits per heavy atom. The quantitative estimate of drug-likeness (QED) is 0.494. The summed E-state index contributed by atoms with van der Waals surface area (Å²) in [6, 6.07) is 0. The Hall–Kier alpha value is -0.690. The SMILES string of the molecule is COCCOCCOCCN(C)CCC(=O)O. The molecule has 0 radical (unpaired) electrons. The zero-order valence-electron chi connectivity index (χ0n) is 10.7. The highest BCUT2D eigenvalue weighted by Gasteiger charge is 2.01. The number of carboxylic acids is 1. The zero-order valence-corrected chi connectivity index (χ0v) is 10.7. The summed E-state index contributed by atoms with van der Waals surface area (Å²) in [4.78, 5) is 12.3. The van der Waals surface area contributed by atoms with E-state index in [1.807, 2.05) is 11.9 Å². The molecule has 0 heterocycles. The first-order valence-corrected chi connectivity index (χ1v) is 5.71. The molecule has 0 aromatic carbocycles. The number of hydrogen-bond donors (Lipinski definition) is 1. The number of hydrogen-bond acceptors (Lipinski definition) is 5. The number of aliphatic carboxylic acids is 1. The van der Waals surface area contributed by atoms with Crippen molar-refractivity contribution in [3.63, 3.8) is 0 Å². The molecule has 0 fully saturated rings. The summed E-state index contributed by atoms with van der Waals surface area (Å²) in [5.74, 6) is -0.774. The smallest absolute Gasteiger partial charge is 0.304 e. The van der Waals surface area contributed by atoms with Gasteiger partial charge in [0, 0.05) is 20.2 Å². The maximum atomic E-state index is 10.3. The molecule has 0 aliphatic rings. The first-order valence-electron chi connectivity index (χ1n) is 5.71. The van der Waals surface area contributed by atoms with Crippen LogP contribution in [0, 0.1) is 0 Å². The van der Waals surface area contributed by atoms with Crippen molar-refractivity contribution in [2.75, 3.05) is 60.3 Å². The minimum Gasteiger partial charge on any atom is -0.481 e. The molecule has 0 saturated carbocycles. The number of carboxylic acid groups (broad SMARTS) is 1. The average Bonchev–Trinajstić information content (AvgIpc) is 2.30. The monoisotopic (exact) mass is 249 g/mol. The third-order valence-electron chi connectivity index (χ3n) is 2.13. The number of methoxy groups -OCH3 is 1. The molecular formula is C11H23NO5. The van der Waals surface area contributed by atoms with Gasteiger partial charge in [0.15, 0.2) is 0 Å². The minimum absolute atomic E-state index is 0.163. The first kappa shape index (κ1) is 16.3. The molecule has 0 bridgehead atoms. The van der Waals surface area contributed by atoms with Gasteiger partial charge in [-0.05, 0) is 7.05 Å². The van der Waals surface area contributed by atoms with Gasteiger partial charge in [0.2, 0.25) is 0 Å². The molecule has 0 aliphatic carbocycles. The van der Waals surface area contributed by atoms with E-state index >= 15 is 0 Å². The molecule has 0 spiro atoms. The van der Waals surface area contributed by atoms with E-state index in [1.54, 1.807) is 7.11 Å². The van der Waals surface area contributed by atoms with Crippen LogP contribution in [0.2, 0.25) is 0 Å². The summed E-state index contributed by atoms with van der Waals surface area (Å²) < 4.78 is 15.4. The second kappa shape index (κ2) is 11.8. The van der Waals surface area contributed by atoms with Crippen LogP contribution in [-0.4, -0.2) is 76.3 Å². The Kier molecular flexibility index (Phi) is 11.3. The van der Waals surface area contributed by atoms with Crippen LogP contribution in [0.4, 0.5) is 0 Å². The van der Waals surface area contributed by atoms with E-state index in [9.17, 15) is 4.79 Å². The van der Waals surface area contributed by atoms with Crippen LogP contribution >= 0.6 is 0 Å². The first-order chi connectivity index (χ1) is 8.16. The molecule has 0 saturated heterocycles. The summed E-state index contributed by atoms with van der Waals surface area (Å²) >= 11 is 0. The normalized spacial score (nSPS) is 11.0. The summed E-state index contributed by atoms with van der Waals surface area (Å²) in [6.45, 7) is 4.15. The molecule has 102 valence electrons. The van der Waals surface area contributed by atoms with E-state index in [2.05, 4.69) is 0 Å². The van der Waals surface area contributed by atoms with E-state index in [4.69, 9.17) is 19.3 Å². The van der Waals surface area contributed by atoms with Gasteiger partial charge in [-0.1, -0.05) is 0 Å². The molecule has 0 atom stereocenters. The predicted molar refractivity (Wildman–Crippen MR) is 63.3 cm³/mol. The average molecular weight is 249 g/mol. The fourth-order valence-corrected chi connectivity index (χ4v) is 1.08. The summed E-state index contributed by atoms with van der Waals surface area (Å²) in [5, 5.41) is 8.49. The second-order valence-corrected chi connectivity index (χ2v) is 3.66. The molecule has 0 aromatic rings. The third-order valence-corrected chi connectivity index (χ3v) is 2.13. The lowest BCUT2D eigenvalue weighted by molar-refractivity contribution is -0.137. The van der Waals surface area contributed by atoms with Crippen molar-refractivity contribution < 1.29 is 24.1 Å². The van der Waals surface area contributed by atoms with Gasteiger partial charge in [0.1, 0.15) is 0 Å². The maximum absolute atomic E-state index is 10.3. The van der Waals surface area contributed by atoms with Crippen molar-refractivity contribution in [2.24, 2.45) is 0 Å². The molecule has 0 amide bonds. The van der Waals surface area contributed by atoms with Gasteiger partial charge in [-0.25, -0.2) is 0 Å². The summed E-state index contributed by atoms with van der Waals surface area (Å²) in [6.07, 6.45) is 0.163. The minimum atomic E-state index is -0.774. The van der Waals surface area contributed by atoms with Gasteiger partial charge >= 0.3 is 5.97 Å². The lowest BCUT2D eigenvalue weighted by Crippen LogP contribution is -2.26. The fourth-order valence-electron chi connectivity index (χ4n) is 1.08. The van der Waals surface area contributed by atoms with Crippen molar-refractivity contribution in [3.05, 3.63) is 0 Å². The largest absolute Gasteiger partial charge is 0.481 e. The highest BCUT2D eigenvalue weighted by Crippen LogP contribution is 1.88. The standard InChI is InChI=1S/C11H23NO5/c1-12(4-3-11(13)14)5-6-16-9-10-17-8-7-15-2/h3-10H2,1-2H3,(H,13,14). The fraction of sp³-hybridized carbons (Fsp3) is 0.909. The Bertz CT molecular complexity index is 189. The van der Waals surface area contributed by atoms with E-state index in [-0.39, 0.29) is 6.42 Å². The van der Waals surface area contributed by atoms with E-state index < -0.39 is 5.97 Å². The van der Waals surface area contributed by atoms with Crippen molar-refractivity contribution in [1.82, 2.24) is 4.90 Å². The van der Waals surface area contributed by atoms with Crippen LogP contribution in [0.1, 0.15) is 6.42 Å². The number of rotatable bonds is 12. The molecule has 17 heavy (non-hydrogen) atoms. The molecular weight excluding hydrogens is 226 g/mol. The van der Waals surface area contributed by atoms with Crippen molar-refractivity contribution in [3.8, 4) is 0 Å². The highest BCUT2D eigenvalue weighted by molar-refractivity contribution is 5.66. The topological polar surface area (TPSA) is 68.2 Å². The van der Waals surface area contributed by atoms with E-state index in [0.29, 0.717) is 39.6 Å². The molecule has 0 aliphatic heterocycles. The Labute approximate surface area is 102 Å². The molecule has 1 N–H and O–H groups in total. The van der Waals surface area contributed by atoms with Crippen LogP contribution in [0.3, 0.4) is 0 Å². The molecule has 0 aromatic heterocycles. The lowest BCUT2D eigenvalue weighted by atomic mass is 10.4. The number of carbonyl (C=O) groups is 1. The van der Waals surface area contributed by atoms with Crippen LogP contribution in [-0.2, 0) is 19.0 Å². The summed E-state index contributed by atoms with van der Waals surface area (Å²) in [5.41, 5.74) is 0. The Morgan fingerprint density at radius 1 is 1.06 bits per heavy atom. The van der Waals surface area contributed by atoms with Crippen LogP contribution in [0.5, 0.6) is 0 Å². The molecule has 0 unspecified atom stereocenters. The number of nitrogens with zero attached hydrogens (tertiary/aromatic N) is 1. The zero-order chi connectivity index (χ0) is 12.9. The number of ether oxygens (including phenoxy) is 3. The van der Waals surface area contributed by atoms with Gasteiger partial charge < -0.3 is 24.2 Å². The predicted octanol–water partition coefficient (Wildman–Crippen LogP) is 0.0725. The van der Waals surface area contributed by atoms with Gasteiger partial charge in [0.25, 0.3) is 0 Å². The third kappa shape index (κ3) is 13.2. The highest BCUT2D eigenvalue weighted by atomic mass is 16.5. The Balaban J connectivity index is 3.13. The van der Waals surface area contributed by atoms with Crippen molar-refractivity contribution >= 4 is 5.97 Å². The van der Waals surface area contributed by atoms with Gasteiger partial charge in [-0.3, -0.25) is 4.79 Å². The van der Waals surface area contributed by atoms with Crippen molar-refractivity contribution in [1.29, 1.82) is 0 Å². The Morgan fingerprint density at radius 2 is 1.65 bits per heavy atom. The van der Waals surface area contributed by atoms with Crippen LogP contribution < -0.4 is 0 Å². The van der Waals surface area contributed by atoms with Crippen LogP contribution in [0.25, 0.3) is 0 Å². The maximum Gasteiger partial charge on any atom is 0.304 e. The van der Waals surface area contributed by atoms with Crippen molar-refractivity contribution in [2.45, 2.75) is 6.42 Å². The van der Waals surface area contributed by atoms with Crippen LogP contribution in [0.15, 0.2) is 0 Å². The van der Waals surface area contributed by atoms with E-state index in [0.717, 1.165) is 6.54 Å². The van der Waals surface area contributed by atoms with Gasteiger partial charge in [-0.15, -0.1) is 0 Å². The molecule has 6 nitrogen and oxygen atoms in total. The molecule has 0 rings (SSSR count). The van der Waals surface area contributed by atoms with Gasteiger partial charge in [-0.2, -0.15) is 0 Å². The lowest BCUT2D eigenvalue weighted by Gasteiger charge is -2.15. The summed E-state index contributed by atoms with van der Waals surface area (Å²) in [7, 11) is 3.51. The molecule has 6 heteroatoms. The van der Waals surface area contributed by atoms with Gasteiger partial charge in [0.05, 0.1) is 39.5 Å². The number of likely N-dealkylation sites (N-methyl/N-ethyl adjacent to an activating group) is 1.